The Labute approximate surface area is 254 Å². The number of Topliss-reactive ketones (excluding diaryl/α,β-unsaturated/α-hetero) is 1. The van der Waals surface area contributed by atoms with Crippen LogP contribution in [0.5, 0.6) is 0 Å². The van der Waals surface area contributed by atoms with Crippen LogP contribution in [-0.4, -0.2) is 90.0 Å². The second-order valence-corrected chi connectivity index (χ2v) is 11.9. The van der Waals surface area contributed by atoms with Gasteiger partial charge in [0.2, 0.25) is 5.95 Å². The van der Waals surface area contributed by atoms with Gasteiger partial charge in [-0.1, -0.05) is 0 Å². The number of hydrogen-bond acceptors (Lipinski definition) is 8. The molecule has 10 heteroatoms. The molecule has 6 rings (SSSR count). The maximum atomic E-state index is 12.8. The summed E-state index contributed by atoms with van der Waals surface area (Å²) < 4.78 is 0. The van der Waals surface area contributed by atoms with Crippen LogP contribution in [0.1, 0.15) is 48.5 Å². The molecule has 10 nitrogen and oxygen atoms in total. The number of benzene rings is 2. The van der Waals surface area contributed by atoms with Crippen molar-refractivity contribution in [3.05, 3.63) is 65.9 Å². The van der Waals surface area contributed by atoms with Gasteiger partial charge in [0.05, 0.1) is 0 Å². The molecule has 3 aliphatic rings. The molecule has 2 N–H and O–H groups in total. The highest BCUT2D eigenvalue weighted by Gasteiger charge is 2.27. The van der Waals surface area contributed by atoms with E-state index in [1.807, 2.05) is 18.0 Å². The van der Waals surface area contributed by atoms with Crippen LogP contribution in [0.2, 0.25) is 0 Å². The first kappa shape index (κ1) is 28.9. The number of urea groups is 1. The lowest BCUT2D eigenvalue weighted by molar-refractivity contribution is 0.101. The second kappa shape index (κ2) is 13.0. The lowest BCUT2D eigenvalue weighted by Crippen LogP contribution is -2.50. The average molecular weight is 583 g/mol. The maximum Gasteiger partial charge on any atom is 0.321 e. The van der Waals surface area contributed by atoms with Gasteiger partial charge >= 0.3 is 6.03 Å². The largest absolute Gasteiger partial charge is 0.371 e. The van der Waals surface area contributed by atoms with Crippen LogP contribution in [0.4, 0.5) is 33.6 Å². The maximum absolute atomic E-state index is 12.8. The number of carbonyl (C=O) groups is 2. The highest BCUT2D eigenvalue weighted by molar-refractivity contribution is 5.95. The van der Waals surface area contributed by atoms with Gasteiger partial charge in [-0.15, -0.1) is 0 Å². The molecule has 0 bridgehead atoms. The molecule has 2 amide bonds. The van der Waals surface area contributed by atoms with E-state index >= 15 is 0 Å². The normalized spacial score (nSPS) is 18.1. The predicted molar refractivity (Wildman–Crippen MR) is 172 cm³/mol. The van der Waals surface area contributed by atoms with E-state index < -0.39 is 0 Å². The molecule has 2 aromatic carbocycles. The number of ketones is 1. The quantitative estimate of drug-likeness (QED) is 0.370. The SMILES string of the molecule is CC(=O)c1ccc(NC(=O)N2CCN(c3nc(Nc4ccc(N5CCC(N6CCCC6)CC5)cc4)ncc3C)CC2)cc1. The van der Waals surface area contributed by atoms with E-state index in [-0.39, 0.29) is 11.8 Å². The smallest absolute Gasteiger partial charge is 0.321 e. The fourth-order valence-corrected chi connectivity index (χ4v) is 6.41. The molecule has 0 spiro atoms. The van der Waals surface area contributed by atoms with E-state index in [2.05, 4.69) is 54.6 Å². The van der Waals surface area contributed by atoms with Gasteiger partial charge < -0.3 is 30.2 Å². The number of nitrogens with one attached hydrogen (secondary N) is 2. The molecule has 0 atom stereocenters. The zero-order valence-corrected chi connectivity index (χ0v) is 25.3. The zero-order chi connectivity index (χ0) is 29.8. The Balaban J connectivity index is 1.01. The second-order valence-electron chi connectivity index (χ2n) is 11.9. The minimum absolute atomic E-state index is 0.00367. The third-order valence-electron chi connectivity index (χ3n) is 8.96. The molecule has 226 valence electrons. The molecule has 3 aliphatic heterocycles. The van der Waals surface area contributed by atoms with Crippen LogP contribution >= 0.6 is 0 Å². The zero-order valence-electron chi connectivity index (χ0n) is 25.3. The molecular weight excluding hydrogens is 540 g/mol. The summed E-state index contributed by atoms with van der Waals surface area (Å²) in [4.78, 5) is 42.9. The number of piperazine rings is 1. The first-order valence-electron chi connectivity index (χ1n) is 15.5. The Hall–Kier alpha value is -4.18. The van der Waals surface area contributed by atoms with Crippen molar-refractivity contribution in [2.45, 2.75) is 45.6 Å². The molecule has 4 heterocycles. The first-order chi connectivity index (χ1) is 20.9. The van der Waals surface area contributed by atoms with Crippen LogP contribution in [0.25, 0.3) is 0 Å². The molecule has 3 aromatic rings. The van der Waals surface area contributed by atoms with Crippen molar-refractivity contribution in [1.82, 2.24) is 19.8 Å². The number of likely N-dealkylation sites (tertiary alicyclic amines) is 1. The Kier molecular flexibility index (Phi) is 8.74. The monoisotopic (exact) mass is 582 g/mol. The van der Waals surface area contributed by atoms with Gasteiger partial charge in [0.25, 0.3) is 0 Å². The highest BCUT2D eigenvalue weighted by atomic mass is 16.2. The van der Waals surface area contributed by atoms with Crippen LogP contribution in [-0.2, 0) is 0 Å². The molecular formula is C33H42N8O2. The Bertz CT molecular complexity index is 1410. The summed E-state index contributed by atoms with van der Waals surface area (Å²) in [6.07, 6.45) is 7.06. The van der Waals surface area contributed by atoms with E-state index in [9.17, 15) is 9.59 Å². The summed E-state index contributed by atoms with van der Waals surface area (Å²) in [5.74, 6) is 1.45. The van der Waals surface area contributed by atoms with Crippen molar-refractivity contribution in [1.29, 1.82) is 0 Å². The van der Waals surface area contributed by atoms with E-state index in [0.29, 0.717) is 43.4 Å². The molecule has 43 heavy (non-hydrogen) atoms. The lowest BCUT2D eigenvalue weighted by atomic mass is 10.0. The number of hydrogen-bond donors (Lipinski definition) is 2. The summed E-state index contributed by atoms with van der Waals surface area (Å²) in [6, 6.07) is 16.2. The van der Waals surface area contributed by atoms with Gasteiger partial charge in [0.1, 0.15) is 5.82 Å². The average Bonchev–Trinajstić information content (AvgIpc) is 3.58. The van der Waals surface area contributed by atoms with Crippen molar-refractivity contribution in [2.75, 3.05) is 72.8 Å². The summed E-state index contributed by atoms with van der Waals surface area (Å²) in [7, 11) is 0. The molecule has 3 fully saturated rings. The number of carbonyl (C=O) groups excluding carboxylic acids is 2. The van der Waals surface area contributed by atoms with Crippen LogP contribution in [0.15, 0.2) is 54.7 Å². The van der Waals surface area contributed by atoms with Crippen molar-refractivity contribution >= 4 is 40.6 Å². The van der Waals surface area contributed by atoms with E-state index in [4.69, 9.17) is 4.98 Å². The van der Waals surface area contributed by atoms with Gasteiger partial charge in [-0.25, -0.2) is 9.78 Å². The summed E-state index contributed by atoms with van der Waals surface area (Å²) in [6.45, 7) is 10.9. The van der Waals surface area contributed by atoms with Crippen molar-refractivity contribution in [2.24, 2.45) is 0 Å². The van der Waals surface area contributed by atoms with Gasteiger partial charge in [-0.3, -0.25) is 4.79 Å². The molecule has 0 aliphatic carbocycles. The Morgan fingerprint density at radius 3 is 2.09 bits per heavy atom. The molecule has 0 unspecified atom stereocenters. The van der Waals surface area contributed by atoms with E-state index in [0.717, 1.165) is 36.2 Å². The fourth-order valence-electron chi connectivity index (χ4n) is 6.41. The fraction of sp³-hybridized carbons (Fsp3) is 0.455. The van der Waals surface area contributed by atoms with Gasteiger partial charge in [-0.05, 0) is 101 Å². The highest BCUT2D eigenvalue weighted by Crippen LogP contribution is 2.27. The van der Waals surface area contributed by atoms with E-state index in [1.54, 1.807) is 24.3 Å². The van der Waals surface area contributed by atoms with Gasteiger partial charge in [0.15, 0.2) is 5.78 Å². The number of aryl methyl sites for hydroxylation is 1. The number of amides is 2. The van der Waals surface area contributed by atoms with Crippen molar-refractivity contribution in [3.63, 3.8) is 0 Å². The number of aromatic nitrogens is 2. The van der Waals surface area contributed by atoms with E-state index in [1.165, 1.54) is 51.4 Å². The molecule has 3 saturated heterocycles. The molecule has 1 aromatic heterocycles. The van der Waals surface area contributed by atoms with Crippen LogP contribution in [0, 0.1) is 6.92 Å². The third-order valence-corrected chi connectivity index (χ3v) is 8.96. The van der Waals surface area contributed by atoms with Gasteiger partial charge in [-0.2, -0.15) is 4.98 Å². The number of anilines is 5. The number of piperidine rings is 1. The standard InChI is InChI=1S/C33H42N8O2/c1-24-23-34-32(35-27-9-11-29(12-10-27)39-17-13-30(14-18-39)38-15-3-4-16-38)37-31(24)40-19-21-41(22-20-40)33(43)36-28-7-5-26(6-8-28)25(2)42/h5-12,23,30H,3-4,13-22H2,1-2H3,(H,36,43)(H,34,35,37). The first-order valence-corrected chi connectivity index (χ1v) is 15.5. The topological polar surface area (TPSA) is 96.9 Å². The molecule has 0 radical (unpaired) electrons. The Morgan fingerprint density at radius 2 is 1.44 bits per heavy atom. The summed E-state index contributed by atoms with van der Waals surface area (Å²) in [5.41, 5.74) is 4.53. The van der Waals surface area contributed by atoms with Gasteiger partial charge in [0, 0.05) is 79.7 Å². The minimum atomic E-state index is -0.142. The minimum Gasteiger partial charge on any atom is -0.371 e. The summed E-state index contributed by atoms with van der Waals surface area (Å²) >= 11 is 0. The Morgan fingerprint density at radius 1 is 0.791 bits per heavy atom. The number of rotatable bonds is 7. The number of nitrogens with zero attached hydrogens (tertiary/aromatic N) is 6. The van der Waals surface area contributed by atoms with Crippen molar-refractivity contribution < 1.29 is 9.59 Å². The van der Waals surface area contributed by atoms with Crippen LogP contribution < -0.4 is 20.4 Å². The lowest BCUT2D eigenvalue weighted by Gasteiger charge is -2.37. The third kappa shape index (κ3) is 6.91. The van der Waals surface area contributed by atoms with Crippen LogP contribution in [0.3, 0.4) is 0 Å². The summed E-state index contributed by atoms with van der Waals surface area (Å²) in [5, 5.41) is 6.32. The molecule has 0 saturated carbocycles. The van der Waals surface area contributed by atoms with Crippen molar-refractivity contribution in [3.8, 4) is 0 Å². The predicted octanol–water partition coefficient (Wildman–Crippen LogP) is 5.15.